The smallest absolute Gasteiger partial charge is 0.0398 e. The molecule has 106 valence electrons. The Morgan fingerprint density at radius 3 is 2.84 bits per heavy atom. The first-order valence-electron chi connectivity index (χ1n) is 7.85. The lowest BCUT2D eigenvalue weighted by molar-refractivity contribution is 0.618. The number of hydrogen-bond donors (Lipinski definition) is 1. The van der Waals surface area contributed by atoms with Crippen molar-refractivity contribution in [2.75, 3.05) is 18.0 Å². The predicted octanol–water partition coefficient (Wildman–Crippen LogP) is 4.04. The highest BCUT2D eigenvalue weighted by Gasteiger charge is 2.17. The van der Waals surface area contributed by atoms with Gasteiger partial charge in [0, 0.05) is 24.8 Å². The molecule has 19 heavy (non-hydrogen) atoms. The number of nitrogens with zero attached hydrogens (tertiary/aromatic N) is 1. The molecular weight excluding hydrogens is 232 g/mol. The van der Waals surface area contributed by atoms with E-state index in [9.17, 15) is 0 Å². The minimum absolute atomic E-state index is 0.144. The van der Waals surface area contributed by atoms with Crippen LogP contribution in [0.2, 0.25) is 0 Å². The Labute approximate surface area is 118 Å². The molecule has 0 fully saturated rings. The molecule has 2 nitrogen and oxygen atoms in total. The second-order valence-corrected chi connectivity index (χ2v) is 5.83. The summed E-state index contributed by atoms with van der Waals surface area (Å²) in [4.78, 5) is 2.57. The molecule has 1 aromatic carbocycles. The van der Waals surface area contributed by atoms with Crippen molar-refractivity contribution in [2.45, 2.75) is 58.4 Å². The van der Waals surface area contributed by atoms with E-state index in [1.807, 2.05) is 0 Å². The summed E-state index contributed by atoms with van der Waals surface area (Å²) in [6.07, 6.45) is 7.85. The Morgan fingerprint density at radius 1 is 1.26 bits per heavy atom. The third-order valence-electron chi connectivity index (χ3n) is 4.13. The third kappa shape index (κ3) is 3.73. The normalized spacial score (nSPS) is 16.3. The molecule has 1 atom stereocenters. The molecule has 0 amide bonds. The Balaban J connectivity index is 2.02. The molecule has 1 aromatic rings. The van der Waals surface area contributed by atoms with Crippen LogP contribution in [-0.4, -0.2) is 13.1 Å². The van der Waals surface area contributed by atoms with Gasteiger partial charge in [0.2, 0.25) is 0 Å². The van der Waals surface area contributed by atoms with Gasteiger partial charge in [0.05, 0.1) is 0 Å². The maximum atomic E-state index is 5.98. The zero-order valence-electron chi connectivity index (χ0n) is 12.5. The minimum atomic E-state index is 0.144. The number of rotatable bonds is 6. The third-order valence-corrected chi connectivity index (χ3v) is 4.13. The van der Waals surface area contributed by atoms with Crippen molar-refractivity contribution in [3.63, 3.8) is 0 Å². The highest BCUT2D eigenvalue weighted by molar-refractivity contribution is 5.57. The molecule has 0 bridgehead atoms. The fraction of sp³-hybridized carbons (Fsp3) is 0.647. The van der Waals surface area contributed by atoms with Crippen LogP contribution in [0, 0.1) is 0 Å². The first-order valence-corrected chi connectivity index (χ1v) is 7.85. The van der Waals surface area contributed by atoms with Crippen molar-refractivity contribution in [1.29, 1.82) is 0 Å². The molecule has 0 saturated carbocycles. The van der Waals surface area contributed by atoms with Crippen LogP contribution in [0.1, 0.15) is 63.1 Å². The summed E-state index contributed by atoms with van der Waals surface area (Å²) in [7, 11) is 0. The van der Waals surface area contributed by atoms with Crippen LogP contribution in [0.4, 0.5) is 5.69 Å². The molecule has 1 aliphatic heterocycles. The van der Waals surface area contributed by atoms with E-state index in [1.54, 1.807) is 0 Å². The standard InChI is InChI=1S/C17H28N2/c1-3-4-5-6-11-19-12-7-8-16-13-15(14(2)18)9-10-17(16)19/h9-10,13-14H,3-8,11-12,18H2,1-2H3. The highest BCUT2D eigenvalue weighted by Crippen LogP contribution is 2.29. The van der Waals surface area contributed by atoms with E-state index >= 15 is 0 Å². The topological polar surface area (TPSA) is 29.3 Å². The molecule has 0 saturated heterocycles. The van der Waals surface area contributed by atoms with Gasteiger partial charge in [-0.25, -0.2) is 0 Å². The number of benzene rings is 1. The van der Waals surface area contributed by atoms with Gasteiger partial charge in [0.25, 0.3) is 0 Å². The maximum Gasteiger partial charge on any atom is 0.0398 e. The fourth-order valence-electron chi connectivity index (χ4n) is 2.94. The van der Waals surface area contributed by atoms with Gasteiger partial charge < -0.3 is 10.6 Å². The van der Waals surface area contributed by atoms with E-state index < -0.39 is 0 Å². The molecule has 0 radical (unpaired) electrons. The zero-order valence-corrected chi connectivity index (χ0v) is 12.5. The van der Waals surface area contributed by atoms with Crippen molar-refractivity contribution in [2.24, 2.45) is 5.73 Å². The molecule has 2 heteroatoms. The molecule has 0 aliphatic carbocycles. The van der Waals surface area contributed by atoms with Crippen molar-refractivity contribution in [3.05, 3.63) is 29.3 Å². The molecule has 1 heterocycles. The van der Waals surface area contributed by atoms with E-state index in [1.165, 1.54) is 68.4 Å². The molecule has 2 rings (SSSR count). The van der Waals surface area contributed by atoms with E-state index in [4.69, 9.17) is 5.73 Å². The summed E-state index contributed by atoms with van der Waals surface area (Å²) in [6.45, 7) is 6.76. The second kappa shape index (κ2) is 6.95. The van der Waals surface area contributed by atoms with Gasteiger partial charge in [-0.3, -0.25) is 0 Å². The molecule has 2 N–H and O–H groups in total. The summed E-state index contributed by atoms with van der Waals surface area (Å²) in [5.41, 5.74) is 10.2. The molecule has 0 aromatic heterocycles. The number of nitrogens with two attached hydrogens (primary N) is 1. The van der Waals surface area contributed by atoms with Crippen LogP contribution < -0.4 is 10.6 Å². The van der Waals surface area contributed by atoms with Crippen LogP contribution in [0.15, 0.2) is 18.2 Å². The average Bonchev–Trinajstić information content (AvgIpc) is 2.43. The average molecular weight is 260 g/mol. The van der Waals surface area contributed by atoms with Crippen molar-refractivity contribution in [3.8, 4) is 0 Å². The first kappa shape index (κ1) is 14.4. The number of fused-ring (bicyclic) bond motifs is 1. The monoisotopic (exact) mass is 260 g/mol. The van der Waals surface area contributed by atoms with Crippen LogP contribution in [0.3, 0.4) is 0 Å². The first-order chi connectivity index (χ1) is 9.22. The summed E-state index contributed by atoms with van der Waals surface area (Å²) in [5, 5.41) is 0. The molecule has 1 aliphatic rings. The van der Waals surface area contributed by atoms with Crippen LogP contribution in [0.5, 0.6) is 0 Å². The van der Waals surface area contributed by atoms with Crippen LogP contribution >= 0.6 is 0 Å². The number of aryl methyl sites for hydroxylation is 1. The Morgan fingerprint density at radius 2 is 2.11 bits per heavy atom. The lowest BCUT2D eigenvalue weighted by Gasteiger charge is -2.32. The van der Waals surface area contributed by atoms with Gasteiger partial charge in [-0.05, 0) is 43.4 Å². The van der Waals surface area contributed by atoms with Crippen LogP contribution in [0.25, 0.3) is 0 Å². The predicted molar refractivity (Wildman–Crippen MR) is 83.7 cm³/mol. The highest BCUT2D eigenvalue weighted by atomic mass is 15.1. The van der Waals surface area contributed by atoms with Gasteiger partial charge in [0.15, 0.2) is 0 Å². The van der Waals surface area contributed by atoms with Gasteiger partial charge in [0.1, 0.15) is 0 Å². The van der Waals surface area contributed by atoms with Crippen molar-refractivity contribution < 1.29 is 0 Å². The quantitative estimate of drug-likeness (QED) is 0.782. The number of hydrogen-bond acceptors (Lipinski definition) is 2. The summed E-state index contributed by atoms with van der Waals surface area (Å²) < 4.78 is 0. The molecular formula is C17H28N2. The van der Waals surface area contributed by atoms with Crippen molar-refractivity contribution >= 4 is 5.69 Å². The maximum absolute atomic E-state index is 5.98. The van der Waals surface area contributed by atoms with E-state index in [-0.39, 0.29) is 6.04 Å². The Hall–Kier alpha value is -1.02. The Kier molecular flexibility index (Phi) is 5.26. The second-order valence-electron chi connectivity index (χ2n) is 5.83. The number of unbranched alkanes of at least 4 members (excludes halogenated alkanes) is 3. The SMILES string of the molecule is CCCCCCN1CCCc2cc(C(C)N)ccc21. The molecule has 1 unspecified atom stereocenters. The van der Waals surface area contributed by atoms with E-state index in [2.05, 4.69) is 36.9 Å². The summed E-state index contributed by atoms with van der Waals surface area (Å²) >= 11 is 0. The lowest BCUT2D eigenvalue weighted by Crippen LogP contribution is -2.30. The van der Waals surface area contributed by atoms with Gasteiger partial charge in [-0.2, -0.15) is 0 Å². The van der Waals surface area contributed by atoms with Gasteiger partial charge >= 0.3 is 0 Å². The largest absolute Gasteiger partial charge is 0.371 e. The lowest BCUT2D eigenvalue weighted by atomic mass is 9.97. The van der Waals surface area contributed by atoms with Crippen LogP contribution in [-0.2, 0) is 6.42 Å². The Bertz CT molecular complexity index is 398. The molecule has 0 spiro atoms. The van der Waals surface area contributed by atoms with E-state index in [0.717, 1.165) is 0 Å². The van der Waals surface area contributed by atoms with E-state index in [0.29, 0.717) is 0 Å². The van der Waals surface area contributed by atoms with Gasteiger partial charge in [-0.1, -0.05) is 38.3 Å². The van der Waals surface area contributed by atoms with Gasteiger partial charge in [-0.15, -0.1) is 0 Å². The fourth-order valence-corrected chi connectivity index (χ4v) is 2.94. The number of anilines is 1. The zero-order chi connectivity index (χ0) is 13.7. The van der Waals surface area contributed by atoms with Crippen molar-refractivity contribution in [1.82, 2.24) is 0 Å². The summed E-state index contributed by atoms with van der Waals surface area (Å²) in [6, 6.07) is 6.95. The minimum Gasteiger partial charge on any atom is -0.371 e. The summed E-state index contributed by atoms with van der Waals surface area (Å²) in [5.74, 6) is 0.